The predicted molar refractivity (Wildman–Crippen MR) is 108 cm³/mol. The van der Waals surface area contributed by atoms with Crippen LogP contribution in [0.1, 0.15) is 6.92 Å². The molecule has 0 aliphatic carbocycles. The molecule has 2 aromatic carbocycles. The van der Waals surface area contributed by atoms with E-state index < -0.39 is 10.9 Å². The zero-order chi connectivity index (χ0) is 20.3. The first-order valence-corrected chi connectivity index (χ1v) is 9.73. The summed E-state index contributed by atoms with van der Waals surface area (Å²) in [6, 6.07) is 12.0. The van der Waals surface area contributed by atoms with E-state index in [1.165, 1.54) is 4.68 Å². The molecule has 0 bridgehead atoms. The van der Waals surface area contributed by atoms with Crippen molar-refractivity contribution in [1.82, 2.24) is 5.27 Å². The molecule has 0 spiro atoms. The summed E-state index contributed by atoms with van der Waals surface area (Å²) in [6.45, 7) is 1.67. The van der Waals surface area contributed by atoms with Crippen LogP contribution in [-0.2, 0) is 4.79 Å². The maximum atomic E-state index is 12.5. The summed E-state index contributed by atoms with van der Waals surface area (Å²) in [4.78, 5) is 24.7. The summed E-state index contributed by atoms with van der Waals surface area (Å²) in [5.41, 5.74) is 0.469. The Morgan fingerprint density at radius 3 is 2.64 bits per heavy atom. The van der Waals surface area contributed by atoms with E-state index >= 15 is 0 Å². The van der Waals surface area contributed by atoms with Gasteiger partial charge in [-0.3, -0.25) is 9.32 Å². The smallest absolute Gasteiger partial charge is 0.442 e. The average Bonchev–Trinajstić information content (AvgIpc) is 3.05. The summed E-state index contributed by atoms with van der Waals surface area (Å²) < 4.78 is 11.5. The highest BCUT2D eigenvalue weighted by Crippen LogP contribution is 2.30. The number of H-pyrrole nitrogens is 1. The molecular weight excluding hydrogens is 425 g/mol. The highest BCUT2D eigenvalue weighted by atomic mass is 35.5. The number of carbonyl (C=O) groups excluding carboxylic acids is 1. The van der Waals surface area contributed by atoms with E-state index in [-0.39, 0.29) is 16.0 Å². The molecule has 3 rings (SSSR count). The molecule has 0 fully saturated rings. The van der Waals surface area contributed by atoms with Crippen molar-refractivity contribution in [2.75, 3.05) is 12.4 Å². The van der Waals surface area contributed by atoms with Crippen LogP contribution in [-0.4, -0.2) is 23.5 Å². The van der Waals surface area contributed by atoms with Crippen LogP contribution in [0.25, 0.3) is 5.69 Å². The largest absolute Gasteiger partial charge is 0.497 e. The van der Waals surface area contributed by atoms with Gasteiger partial charge in [-0.1, -0.05) is 29.3 Å². The zero-order valence-corrected chi connectivity index (χ0v) is 17.2. The molecule has 0 radical (unpaired) electrons. The maximum Gasteiger partial charge on any atom is 0.442 e. The number of benzene rings is 2. The summed E-state index contributed by atoms with van der Waals surface area (Å²) in [5, 5.41) is 5.45. The van der Waals surface area contributed by atoms with Gasteiger partial charge in [-0.2, -0.15) is 0 Å². The van der Waals surface area contributed by atoms with Crippen LogP contribution in [0, 0.1) is 0 Å². The lowest BCUT2D eigenvalue weighted by atomic mass is 10.3. The van der Waals surface area contributed by atoms with Gasteiger partial charge >= 0.3 is 10.7 Å². The first-order valence-electron chi connectivity index (χ1n) is 8.10. The fourth-order valence-electron chi connectivity index (χ4n) is 2.32. The third kappa shape index (κ3) is 4.35. The van der Waals surface area contributed by atoms with E-state index in [1.54, 1.807) is 56.5 Å². The van der Waals surface area contributed by atoms with Crippen molar-refractivity contribution in [2.45, 2.75) is 17.2 Å². The van der Waals surface area contributed by atoms with Gasteiger partial charge in [0.1, 0.15) is 5.75 Å². The van der Waals surface area contributed by atoms with Crippen LogP contribution in [0.15, 0.2) is 56.8 Å². The van der Waals surface area contributed by atoms with Crippen molar-refractivity contribution in [3.8, 4) is 11.4 Å². The van der Waals surface area contributed by atoms with Crippen molar-refractivity contribution in [3.05, 3.63) is 62.9 Å². The van der Waals surface area contributed by atoms with Crippen molar-refractivity contribution in [1.29, 1.82) is 0 Å². The zero-order valence-electron chi connectivity index (χ0n) is 14.9. The Morgan fingerprint density at radius 2 is 1.96 bits per heavy atom. The molecule has 1 unspecified atom stereocenters. The van der Waals surface area contributed by atoms with Gasteiger partial charge in [0.25, 0.3) is 0 Å². The van der Waals surface area contributed by atoms with E-state index in [1.807, 2.05) is 0 Å². The van der Waals surface area contributed by atoms with Crippen molar-refractivity contribution in [2.24, 2.45) is 0 Å². The first-order chi connectivity index (χ1) is 13.4. The number of thioether (sulfide) groups is 1. The number of anilines is 1. The van der Waals surface area contributed by atoms with Crippen LogP contribution in [0.2, 0.25) is 10.0 Å². The molecule has 1 atom stereocenters. The fourth-order valence-corrected chi connectivity index (χ4v) is 3.56. The first kappa shape index (κ1) is 20.3. The van der Waals surface area contributed by atoms with Gasteiger partial charge in [-0.15, -0.1) is 0 Å². The normalized spacial score (nSPS) is 11.9. The van der Waals surface area contributed by atoms with Crippen molar-refractivity contribution < 1.29 is 18.7 Å². The number of methoxy groups -OCH3 is 1. The lowest BCUT2D eigenvalue weighted by molar-refractivity contribution is -0.704. The average molecular weight is 441 g/mol. The predicted octanol–water partition coefficient (Wildman–Crippen LogP) is 3.68. The number of ether oxygens (including phenoxy) is 1. The monoisotopic (exact) mass is 440 g/mol. The standard InChI is InChI=1S/C18H15Cl2N3O4S/c1-10(16(24)21-14-5-3-4-13(19)15(14)20)28-17-18(25)27-22-23(17)11-6-8-12(26-2)9-7-11/h3-10H,1-2H3,(H-,21,22,24,25)/p+1. The highest BCUT2D eigenvalue weighted by molar-refractivity contribution is 8.00. The van der Waals surface area contributed by atoms with E-state index in [4.69, 9.17) is 32.5 Å². The third-order valence-corrected chi connectivity index (χ3v) is 5.76. The van der Waals surface area contributed by atoms with Gasteiger partial charge in [-0.25, -0.2) is 4.79 Å². The van der Waals surface area contributed by atoms with Crippen LogP contribution in [0.3, 0.4) is 0 Å². The van der Waals surface area contributed by atoms with Crippen LogP contribution < -0.4 is 20.4 Å². The molecule has 28 heavy (non-hydrogen) atoms. The topological polar surface area (TPSA) is 88.2 Å². The van der Waals surface area contributed by atoms with Crippen LogP contribution >= 0.6 is 35.0 Å². The van der Waals surface area contributed by atoms with Crippen molar-refractivity contribution >= 4 is 46.6 Å². The lowest BCUT2D eigenvalue weighted by Gasteiger charge is -2.11. The molecule has 0 saturated heterocycles. The van der Waals surface area contributed by atoms with Gasteiger partial charge in [0.05, 0.1) is 28.1 Å². The Bertz CT molecular complexity index is 1050. The van der Waals surface area contributed by atoms with Gasteiger partial charge in [-0.05, 0) is 52.9 Å². The van der Waals surface area contributed by atoms with Crippen LogP contribution in [0.4, 0.5) is 5.69 Å². The number of halogens is 2. The highest BCUT2D eigenvalue weighted by Gasteiger charge is 2.29. The molecule has 0 saturated carbocycles. The molecule has 146 valence electrons. The molecule has 1 aromatic heterocycles. The Hall–Kier alpha value is -2.42. The summed E-state index contributed by atoms with van der Waals surface area (Å²) in [5.74, 6) is 0.339. The Morgan fingerprint density at radius 1 is 1.25 bits per heavy atom. The Kier molecular flexibility index (Phi) is 6.33. The number of aromatic nitrogens is 2. The molecule has 7 nitrogen and oxygen atoms in total. The van der Waals surface area contributed by atoms with Gasteiger partial charge in [0.2, 0.25) is 11.6 Å². The van der Waals surface area contributed by atoms with E-state index in [0.717, 1.165) is 11.8 Å². The quantitative estimate of drug-likeness (QED) is 0.450. The number of hydrogen-bond acceptors (Lipinski definition) is 5. The number of aromatic amines is 1. The number of hydrogen-bond donors (Lipinski definition) is 2. The minimum Gasteiger partial charge on any atom is -0.497 e. The van der Waals surface area contributed by atoms with Crippen LogP contribution in [0.5, 0.6) is 5.75 Å². The molecule has 3 aromatic rings. The Balaban J connectivity index is 1.79. The second-order valence-corrected chi connectivity index (χ2v) is 7.78. The summed E-state index contributed by atoms with van der Waals surface area (Å²) >= 11 is 13.1. The molecule has 2 N–H and O–H groups in total. The summed E-state index contributed by atoms with van der Waals surface area (Å²) in [6.07, 6.45) is 0. The molecule has 1 amide bonds. The molecule has 0 aliphatic heterocycles. The number of amides is 1. The second-order valence-electron chi connectivity index (χ2n) is 5.67. The minimum atomic E-state index is -0.613. The second kappa shape index (κ2) is 8.72. The molecule has 1 heterocycles. The lowest BCUT2D eigenvalue weighted by Crippen LogP contribution is -2.37. The van der Waals surface area contributed by atoms with Gasteiger partial charge in [0.15, 0.2) is 0 Å². The molecular formula is C18H16Cl2N3O4S+. The molecule has 0 aliphatic rings. The van der Waals surface area contributed by atoms with Gasteiger partial charge in [0, 0.05) is 12.1 Å². The van der Waals surface area contributed by atoms with Gasteiger partial charge < -0.3 is 10.1 Å². The van der Waals surface area contributed by atoms with Crippen molar-refractivity contribution in [3.63, 3.8) is 0 Å². The van der Waals surface area contributed by atoms with E-state index in [2.05, 4.69) is 10.6 Å². The SMILES string of the molecule is COc1ccc(-[n+]2[nH]oc(=O)c2SC(C)C(=O)Nc2cccc(Cl)c2Cl)cc1. The number of rotatable bonds is 6. The minimum absolute atomic E-state index is 0.227. The molecule has 10 heteroatoms. The number of nitrogens with zero attached hydrogens (tertiary/aromatic N) is 1. The Labute approximate surface area is 174 Å². The number of carbonyl (C=O) groups is 1. The number of nitrogens with one attached hydrogen (secondary N) is 2. The van der Waals surface area contributed by atoms with E-state index in [0.29, 0.717) is 22.1 Å². The summed E-state index contributed by atoms with van der Waals surface area (Å²) in [7, 11) is 1.57. The third-order valence-electron chi connectivity index (χ3n) is 3.81. The fraction of sp³-hybridized carbons (Fsp3) is 0.167. The maximum absolute atomic E-state index is 12.5. The van der Waals surface area contributed by atoms with E-state index in [9.17, 15) is 9.59 Å².